The summed E-state index contributed by atoms with van der Waals surface area (Å²) in [6, 6.07) is 13.9. The van der Waals surface area contributed by atoms with E-state index in [1.54, 1.807) is 12.1 Å². The lowest BCUT2D eigenvalue weighted by atomic mass is 10.1. The molecule has 0 aliphatic heterocycles. The van der Waals surface area contributed by atoms with Gasteiger partial charge in [0.25, 0.3) is 0 Å². The average Bonchev–Trinajstić information content (AvgIpc) is 2.54. The SMILES string of the molecule is NS(=O)(=O)c1ccc(CCNC(=O)CSCc2cccc(Cl)c2)cc1. The van der Waals surface area contributed by atoms with E-state index in [9.17, 15) is 13.2 Å². The number of hydrogen-bond acceptors (Lipinski definition) is 4. The molecule has 0 fully saturated rings. The van der Waals surface area contributed by atoms with Crippen LogP contribution in [0.4, 0.5) is 0 Å². The fourth-order valence-electron chi connectivity index (χ4n) is 2.13. The Hall–Kier alpha value is -1.54. The Bertz CT molecular complexity index is 824. The van der Waals surface area contributed by atoms with Gasteiger partial charge in [0.1, 0.15) is 0 Å². The van der Waals surface area contributed by atoms with Gasteiger partial charge in [-0.3, -0.25) is 4.79 Å². The number of carbonyl (C=O) groups excluding carboxylic acids is 1. The number of nitrogens with one attached hydrogen (secondary N) is 1. The quantitative estimate of drug-likeness (QED) is 0.715. The summed E-state index contributed by atoms with van der Waals surface area (Å²) in [6.07, 6.45) is 0.621. The maximum atomic E-state index is 11.8. The molecule has 0 unspecified atom stereocenters. The Labute approximate surface area is 157 Å². The summed E-state index contributed by atoms with van der Waals surface area (Å²) in [5.41, 5.74) is 2.01. The predicted molar refractivity (Wildman–Crippen MR) is 102 cm³/mol. The van der Waals surface area contributed by atoms with E-state index < -0.39 is 10.0 Å². The van der Waals surface area contributed by atoms with Crippen LogP contribution in [0.25, 0.3) is 0 Å². The Kier molecular flexibility index (Phi) is 7.31. The van der Waals surface area contributed by atoms with Gasteiger partial charge in [0.2, 0.25) is 15.9 Å². The zero-order chi connectivity index (χ0) is 18.3. The molecule has 0 radical (unpaired) electrons. The number of sulfonamides is 1. The number of benzene rings is 2. The third kappa shape index (κ3) is 7.07. The zero-order valence-corrected chi connectivity index (χ0v) is 15.8. The fourth-order valence-corrected chi connectivity index (χ4v) is 3.66. The number of amides is 1. The lowest BCUT2D eigenvalue weighted by Crippen LogP contribution is -2.27. The van der Waals surface area contributed by atoms with Crippen molar-refractivity contribution < 1.29 is 13.2 Å². The molecule has 0 saturated carbocycles. The molecule has 2 aromatic carbocycles. The first-order valence-corrected chi connectivity index (χ1v) is 10.6. The van der Waals surface area contributed by atoms with E-state index in [0.29, 0.717) is 23.7 Å². The van der Waals surface area contributed by atoms with Crippen LogP contribution in [0.2, 0.25) is 5.02 Å². The number of carbonyl (C=O) groups is 1. The number of rotatable bonds is 8. The summed E-state index contributed by atoms with van der Waals surface area (Å²) in [5.74, 6) is 1.06. The average molecular weight is 399 g/mol. The third-order valence-corrected chi connectivity index (χ3v) is 5.55. The lowest BCUT2D eigenvalue weighted by molar-refractivity contribution is -0.118. The summed E-state index contributed by atoms with van der Waals surface area (Å²) in [5, 5.41) is 8.58. The first-order valence-electron chi connectivity index (χ1n) is 7.55. The maximum absolute atomic E-state index is 11.8. The molecule has 8 heteroatoms. The van der Waals surface area contributed by atoms with Crippen molar-refractivity contribution in [2.45, 2.75) is 17.1 Å². The van der Waals surface area contributed by atoms with Gasteiger partial charge >= 0.3 is 0 Å². The topological polar surface area (TPSA) is 89.3 Å². The molecule has 0 aromatic heterocycles. The Balaban J connectivity index is 1.68. The molecular formula is C17H19ClN2O3S2. The molecule has 0 atom stereocenters. The van der Waals surface area contributed by atoms with Crippen LogP contribution in [0, 0.1) is 0 Å². The van der Waals surface area contributed by atoms with E-state index in [2.05, 4.69) is 5.32 Å². The molecule has 0 saturated heterocycles. The molecule has 0 bridgehead atoms. The van der Waals surface area contributed by atoms with Crippen LogP contribution < -0.4 is 10.5 Å². The number of halogens is 1. The Morgan fingerprint density at radius 2 is 1.84 bits per heavy atom. The van der Waals surface area contributed by atoms with E-state index in [0.717, 1.165) is 16.9 Å². The molecule has 134 valence electrons. The van der Waals surface area contributed by atoms with Crippen molar-refractivity contribution in [3.8, 4) is 0 Å². The standard InChI is InChI=1S/C17H19ClN2O3S2/c18-15-3-1-2-14(10-15)11-24-12-17(21)20-9-8-13-4-6-16(7-5-13)25(19,22)23/h1-7,10H,8-9,11-12H2,(H,20,21)(H2,19,22,23). The monoisotopic (exact) mass is 398 g/mol. The minimum atomic E-state index is -3.67. The molecule has 2 rings (SSSR count). The molecule has 0 aliphatic rings. The minimum absolute atomic E-state index is 0.0341. The highest BCUT2D eigenvalue weighted by Gasteiger charge is 2.07. The molecule has 0 heterocycles. The first kappa shape index (κ1) is 19.8. The highest BCUT2D eigenvalue weighted by molar-refractivity contribution is 7.99. The first-order chi connectivity index (χ1) is 11.8. The normalized spacial score (nSPS) is 11.3. The largest absolute Gasteiger partial charge is 0.355 e. The number of nitrogens with two attached hydrogens (primary N) is 1. The van der Waals surface area contributed by atoms with Gasteiger partial charge < -0.3 is 5.32 Å². The van der Waals surface area contributed by atoms with Crippen molar-refractivity contribution in [2.75, 3.05) is 12.3 Å². The van der Waals surface area contributed by atoms with Crippen molar-refractivity contribution in [3.63, 3.8) is 0 Å². The van der Waals surface area contributed by atoms with Crippen LogP contribution in [0.15, 0.2) is 53.4 Å². The molecule has 25 heavy (non-hydrogen) atoms. The molecular weight excluding hydrogens is 380 g/mol. The van der Waals surface area contributed by atoms with Crippen LogP contribution in [0.3, 0.4) is 0 Å². The van der Waals surface area contributed by atoms with Crippen LogP contribution in [-0.2, 0) is 27.0 Å². The van der Waals surface area contributed by atoms with E-state index >= 15 is 0 Å². The fraction of sp³-hybridized carbons (Fsp3) is 0.235. The van der Waals surface area contributed by atoms with Gasteiger partial charge in [-0.25, -0.2) is 13.6 Å². The van der Waals surface area contributed by atoms with E-state index in [1.807, 2.05) is 24.3 Å². The summed E-state index contributed by atoms with van der Waals surface area (Å²) < 4.78 is 22.4. The molecule has 0 spiro atoms. The maximum Gasteiger partial charge on any atom is 0.238 e. The van der Waals surface area contributed by atoms with Gasteiger partial charge in [-0.15, -0.1) is 11.8 Å². The summed E-state index contributed by atoms with van der Waals surface area (Å²) in [7, 11) is -3.67. The van der Waals surface area contributed by atoms with Crippen LogP contribution in [0.1, 0.15) is 11.1 Å². The van der Waals surface area contributed by atoms with E-state index in [-0.39, 0.29) is 10.8 Å². The minimum Gasteiger partial charge on any atom is -0.355 e. The van der Waals surface area contributed by atoms with Crippen molar-refractivity contribution in [3.05, 3.63) is 64.7 Å². The van der Waals surface area contributed by atoms with Crippen LogP contribution >= 0.6 is 23.4 Å². The van der Waals surface area contributed by atoms with Crippen LogP contribution in [-0.4, -0.2) is 26.6 Å². The van der Waals surface area contributed by atoms with Gasteiger partial charge in [-0.05, 0) is 41.8 Å². The molecule has 0 aliphatic carbocycles. The smallest absolute Gasteiger partial charge is 0.238 e. The number of thioether (sulfide) groups is 1. The second-order valence-electron chi connectivity index (χ2n) is 5.41. The van der Waals surface area contributed by atoms with E-state index in [1.165, 1.54) is 23.9 Å². The second kappa shape index (κ2) is 9.24. The molecule has 3 N–H and O–H groups in total. The molecule has 5 nitrogen and oxygen atoms in total. The Morgan fingerprint density at radius 3 is 2.48 bits per heavy atom. The zero-order valence-electron chi connectivity index (χ0n) is 13.4. The number of hydrogen-bond donors (Lipinski definition) is 2. The van der Waals surface area contributed by atoms with Crippen molar-refractivity contribution in [1.29, 1.82) is 0 Å². The number of primary sulfonamides is 1. The second-order valence-corrected chi connectivity index (χ2v) is 8.40. The summed E-state index contributed by atoms with van der Waals surface area (Å²) >= 11 is 7.44. The van der Waals surface area contributed by atoms with Crippen molar-refractivity contribution >= 4 is 39.3 Å². The van der Waals surface area contributed by atoms with Crippen molar-refractivity contribution in [2.24, 2.45) is 5.14 Å². The van der Waals surface area contributed by atoms with Gasteiger partial charge in [-0.1, -0.05) is 35.9 Å². The summed E-state index contributed by atoms with van der Waals surface area (Å²) in [4.78, 5) is 11.9. The lowest BCUT2D eigenvalue weighted by Gasteiger charge is -2.06. The third-order valence-electron chi connectivity index (χ3n) is 3.38. The van der Waals surface area contributed by atoms with Crippen molar-refractivity contribution in [1.82, 2.24) is 5.32 Å². The van der Waals surface area contributed by atoms with Gasteiger partial charge in [0, 0.05) is 17.3 Å². The van der Waals surface area contributed by atoms with Gasteiger partial charge in [0.05, 0.1) is 10.6 Å². The predicted octanol–water partition coefficient (Wildman–Crippen LogP) is 2.58. The highest BCUT2D eigenvalue weighted by Crippen LogP contribution is 2.16. The van der Waals surface area contributed by atoms with Gasteiger partial charge in [0.15, 0.2) is 0 Å². The summed E-state index contributed by atoms with van der Waals surface area (Å²) in [6.45, 7) is 0.491. The Morgan fingerprint density at radius 1 is 1.12 bits per heavy atom. The molecule has 1 amide bonds. The molecule has 2 aromatic rings. The van der Waals surface area contributed by atoms with Gasteiger partial charge in [-0.2, -0.15) is 0 Å². The highest BCUT2D eigenvalue weighted by atomic mass is 35.5. The van der Waals surface area contributed by atoms with Crippen LogP contribution in [0.5, 0.6) is 0 Å². The van der Waals surface area contributed by atoms with E-state index in [4.69, 9.17) is 16.7 Å².